The number of hydrogen-bond donors (Lipinski definition) is 0. The number of thioether (sulfide) groups is 1. The predicted molar refractivity (Wildman–Crippen MR) is 120 cm³/mol. The number of nitrogens with zero attached hydrogens (tertiary/aromatic N) is 4. The molecule has 5 nitrogen and oxygen atoms in total. The second-order valence-corrected chi connectivity index (χ2v) is 9.57. The molecule has 2 aromatic carbocycles. The fourth-order valence-electron chi connectivity index (χ4n) is 4.08. The number of carbonyl (C=O) groups excluding carboxylic acids is 1. The largest absolute Gasteiger partial charge is 0.340 e. The lowest BCUT2D eigenvalue weighted by molar-refractivity contribution is -0.133. The van der Waals surface area contributed by atoms with Crippen LogP contribution in [0, 0.1) is 0 Å². The van der Waals surface area contributed by atoms with Gasteiger partial charge in [-0.2, -0.15) is 8.78 Å². The Morgan fingerprint density at radius 1 is 1.13 bits per heavy atom. The number of para-hydroxylation sites is 3. The lowest BCUT2D eigenvalue weighted by atomic mass is 9.98. The van der Waals surface area contributed by atoms with E-state index in [0.717, 1.165) is 28.1 Å². The molecular formula is C22H20F2N4OS2. The van der Waals surface area contributed by atoms with Gasteiger partial charge in [0.2, 0.25) is 5.91 Å². The van der Waals surface area contributed by atoms with Gasteiger partial charge < -0.3 is 9.47 Å². The molecule has 160 valence electrons. The molecule has 0 spiro atoms. The number of aromatic nitrogens is 3. The van der Waals surface area contributed by atoms with Crippen molar-refractivity contribution in [2.75, 3.05) is 13.1 Å². The van der Waals surface area contributed by atoms with Crippen molar-refractivity contribution >= 4 is 50.3 Å². The van der Waals surface area contributed by atoms with Crippen LogP contribution in [0.3, 0.4) is 0 Å². The molecule has 0 bridgehead atoms. The normalized spacial score (nSPS) is 17.1. The van der Waals surface area contributed by atoms with E-state index in [-0.39, 0.29) is 23.5 Å². The topological polar surface area (TPSA) is 51.0 Å². The van der Waals surface area contributed by atoms with Gasteiger partial charge in [0.05, 0.1) is 26.3 Å². The number of benzene rings is 2. The van der Waals surface area contributed by atoms with E-state index in [9.17, 15) is 13.6 Å². The third-order valence-electron chi connectivity index (χ3n) is 5.54. The molecule has 4 aromatic rings. The van der Waals surface area contributed by atoms with E-state index in [1.807, 2.05) is 41.3 Å². The van der Waals surface area contributed by atoms with Gasteiger partial charge in [0.1, 0.15) is 6.54 Å². The van der Waals surface area contributed by atoms with Crippen molar-refractivity contribution < 1.29 is 13.6 Å². The summed E-state index contributed by atoms with van der Waals surface area (Å²) in [6, 6.07) is 15.3. The third-order valence-corrected chi connectivity index (χ3v) is 7.44. The van der Waals surface area contributed by atoms with Crippen LogP contribution in [0.25, 0.3) is 21.3 Å². The van der Waals surface area contributed by atoms with Crippen LogP contribution in [0.4, 0.5) is 8.78 Å². The van der Waals surface area contributed by atoms with Crippen LogP contribution < -0.4 is 0 Å². The number of imidazole rings is 1. The molecule has 9 heteroatoms. The molecule has 1 aliphatic rings. The Kier molecular flexibility index (Phi) is 5.62. The first kappa shape index (κ1) is 20.4. The molecule has 31 heavy (non-hydrogen) atoms. The fourth-order valence-corrected chi connectivity index (χ4v) is 5.77. The highest BCUT2D eigenvalue weighted by atomic mass is 32.2. The second kappa shape index (κ2) is 8.55. The van der Waals surface area contributed by atoms with Gasteiger partial charge in [-0.05, 0) is 48.9 Å². The molecule has 3 heterocycles. The van der Waals surface area contributed by atoms with Gasteiger partial charge in [0, 0.05) is 19.0 Å². The summed E-state index contributed by atoms with van der Waals surface area (Å²) in [5.41, 5.74) is 2.30. The third kappa shape index (κ3) is 4.16. The molecule has 5 rings (SSSR count). The van der Waals surface area contributed by atoms with Crippen LogP contribution in [0.2, 0.25) is 0 Å². The maximum Gasteiger partial charge on any atom is 0.291 e. The fraction of sp³-hybridized carbons (Fsp3) is 0.318. The molecule has 0 radical (unpaired) electrons. The Morgan fingerprint density at radius 3 is 2.71 bits per heavy atom. The van der Waals surface area contributed by atoms with E-state index in [2.05, 4.69) is 11.1 Å². The maximum absolute atomic E-state index is 13.2. The lowest BCUT2D eigenvalue weighted by Gasteiger charge is -2.32. The summed E-state index contributed by atoms with van der Waals surface area (Å²) in [6.45, 7) is 1.27. The van der Waals surface area contributed by atoms with Crippen molar-refractivity contribution in [3.63, 3.8) is 0 Å². The minimum Gasteiger partial charge on any atom is -0.340 e. The Hall–Kier alpha value is -2.52. The zero-order valence-corrected chi connectivity index (χ0v) is 18.2. The number of fused-ring (bicyclic) bond motifs is 2. The van der Waals surface area contributed by atoms with Crippen molar-refractivity contribution in [3.05, 3.63) is 53.5 Å². The minimum absolute atomic E-state index is 0.00211. The van der Waals surface area contributed by atoms with Gasteiger partial charge in [0.15, 0.2) is 5.16 Å². The molecule has 0 aliphatic carbocycles. The number of hydrogen-bond acceptors (Lipinski definition) is 5. The predicted octanol–water partition coefficient (Wildman–Crippen LogP) is 5.37. The molecule has 0 unspecified atom stereocenters. The maximum atomic E-state index is 13.2. The van der Waals surface area contributed by atoms with Crippen molar-refractivity contribution in [1.82, 2.24) is 19.4 Å². The van der Waals surface area contributed by atoms with Crippen molar-refractivity contribution in [1.29, 1.82) is 0 Å². The number of likely N-dealkylation sites (tertiary alicyclic amines) is 1. The van der Waals surface area contributed by atoms with E-state index in [1.54, 1.807) is 22.0 Å². The molecule has 0 saturated carbocycles. The van der Waals surface area contributed by atoms with Gasteiger partial charge in [0.25, 0.3) is 5.76 Å². The number of piperidine rings is 1. The monoisotopic (exact) mass is 458 g/mol. The molecule has 2 aromatic heterocycles. The van der Waals surface area contributed by atoms with E-state index in [1.165, 1.54) is 0 Å². The molecular weight excluding hydrogens is 438 g/mol. The van der Waals surface area contributed by atoms with Gasteiger partial charge in [-0.3, -0.25) is 4.79 Å². The van der Waals surface area contributed by atoms with Gasteiger partial charge in [-0.1, -0.05) is 24.3 Å². The first-order valence-corrected chi connectivity index (χ1v) is 11.8. The summed E-state index contributed by atoms with van der Waals surface area (Å²) in [7, 11) is 0. The van der Waals surface area contributed by atoms with Crippen LogP contribution in [0.1, 0.15) is 23.8 Å². The van der Waals surface area contributed by atoms with Crippen molar-refractivity contribution in [2.24, 2.45) is 0 Å². The van der Waals surface area contributed by atoms with E-state index < -0.39 is 5.76 Å². The number of rotatable bonds is 5. The quantitative estimate of drug-likeness (QED) is 0.378. The molecule has 1 amide bonds. The van der Waals surface area contributed by atoms with E-state index in [0.29, 0.717) is 35.9 Å². The van der Waals surface area contributed by atoms with Crippen LogP contribution >= 0.6 is 23.1 Å². The summed E-state index contributed by atoms with van der Waals surface area (Å²) in [4.78, 5) is 24.1. The van der Waals surface area contributed by atoms with Gasteiger partial charge in [-0.25, -0.2) is 9.97 Å². The Bertz CT molecular complexity index is 1210. The van der Waals surface area contributed by atoms with Crippen LogP contribution in [0.5, 0.6) is 0 Å². The number of amides is 1. The number of alkyl halides is 2. The van der Waals surface area contributed by atoms with Gasteiger partial charge >= 0.3 is 0 Å². The Morgan fingerprint density at radius 2 is 1.90 bits per heavy atom. The summed E-state index contributed by atoms with van der Waals surface area (Å²) < 4.78 is 28.9. The first-order chi connectivity index (χ1) is 15.1. The number of carbonyl (C=O) groups is 1. The van der Waals surface area contributed by atoms with E-state index in [4.69, 9.17) is 4.98 Å². The van der Waals surface area contributed by atoms with Crippen LogP contribution in [0.15, 0.2) is 53.7 Å². The van der Waals surface area contributed by atoms with E-state index >= 15 is 0 Å². The van der Waals surface area contributed by atoms with Crippen molar-refractivity contribution in [2.45, 2.75) is 36.2 Å². The summed E-state index contributed by atoms with van der Waals surface area (Å²) in [5.74, 6) is -2.47. The first-order valence-electron chi connectivity index (χ1n) is 10.1. The molecule has 1 saturated heterocycles. The average Bonchev–Trinajstić information content (AvgIpc) is 3.35. The van der Waals surface area contributed by atoms with Gasteiger partial charge in [-0.15, -0.1) is 11.3 Å². The van der Waals surface area contributed by atoms with Crippen molar-refractivity contribution in [3.8, 4) is 0 Å². The lowest BCUT2D eigenvalue weighted by Crippen LogP contribution is -2.40. The van der Waals surface area contributed by atoms with Crippen LogP contribution in [-0.4, -0.2) is 44.2 Å². The average molecular weight is 459 g/mol. The Labute approximate surface area is 186 Å². The minimum atomic E-state index is -2.59. The molecule has 1 atom stereocenters. The summed E-state index contributed by atoms with van der Waals surface area (Å²) in [5, 5.41) is 1.23. The standard InChI is InChI=1S/C22H20F2N4OS2/c23-21(24)31-22-26-15-7-1-3-9-17(15)28(22)13-19(29)27-11-5-6-14(12-27)20-25-16-8-2-4-10-18(16)30-20/h1-4,7-10,14,21H,5-6,11-13H2/t14-/m1/s1. The highest BCUT2D eigenvalue weighted by Crippen LogP contribution is 2.33. The molecule has 1 aliphatic heterocycles. The second-order valence-electron chi connectivity index (χ2n) is 7.55. The SMILES string of the molecule is O=C(Cn1c(SC(F)F)nc2ccccc21)N1CCC[C@@H](c2nc3ccccc3s2)C1. The smallest absolute Gasteiger partial charge is 0.291 e. The zero-order chi connectivity index (χ0) is 21.4. The number of thiazole rings is 1. The highest BCUT2D eigenvalue weighted by Gasteiger charge is 2.28. The molecule has 1 fully saturated rings. The highest BCUT2D eigenvalue weighted by molar-refractivity contribution is 7.99. The summed E-state index contributed by atoms with van der Waals surface area (Å²) >= 11 is 2.06. The number of halogens is 2. The summed E-state index contributed by atoms with van der Waals surface area (Å²) in [6.07, 6.45) is 1.89. The zero-order valence-electron chi connectivity index (χ0n) is 16.6. The molecule has 0 N–H and O–H groups in total. The van der Waals surface area contributed by atoms with Crippen LogP contribution in [-0.2, 0) is 11.3 Å². The Balaban J connectivity index is 1.37.